The third-order valence-electron chi connectivity index (χ3n) is 6.38. The summed E-state index contributed by atoms with van der Waals surface area (Å²) in [4.78, 5) is 32.3. The van der Waals surface area contributed by atoms with Crippen molar-refractivity contribution < 1.29 is 19.4 Å². The second kappa shape index (κ2) is 12.8. The molecule has 0 spiro atoms. The molecule has 9 heteroatoms. The van der Waals surface area contributed by atoms with Crippen LogP contribution in [0, 0.1) is 6.92 Å². The lowest BCUT2D eigenvalue weighted by molar-refractivity contribution is -0.117. The first-order chi connectivity index (χ1) is 18.0. The quantitative estimate of drug-likeness (QED) is 0.257. The molecule has 8 nitrogen and oxygen atoms in total. The molecule has 0 radical (unpaired) electrons. The molecule has 1 amide bonds. The number of hydrogen-bond acceptors (Lipinski definition) is 8. The van der Waals surface area contributed by atoms with Crippen LogP contribution in [0.5, 0.6) is 0 Å². The van der Waals surface area contributed by atoms with Crippen molar-refractivity contribution in [1.82, 2.24) is 10.3 Å². The molecule has 1 fully saturated rings. The van der Waals surface area contributed by atoms with Crippen molar-refractivity contribution in [2.24, 2.45) is 0 Å². The fourth-order valence-electron chi connectivity index (χ4n) is 4.40. The summed E-state index contributed by atoms with van der Waals surface area (Å²) in [6, 6.07) is 17.1. The maximum absolute atomic E-state index is 13.1. The van der Waals surface area contributed by atoms with Crippen LogP contribution in [0.4, 0.5) is 10.8 Å². The van der Waals surface area contributed by atoms with E-state index in [1.807, 2.05) is 59.5 Å². The number of anilines is 2. The number of aliphatic hydroxyl groups is 1. The third kappa shape index (κ3) is 6.94. The Labute approximate surface area is 221 Å². The summed E-state index contributed by atoms with van der Waals surface area (Å²) in [6.07, 6.45) is 1.91. The fraction of sp³-hybridized carbons (Fsp3) is 0.393. The highest BCUT2D eigenvalue weighted by Gasteiger charge is 2.33. The summed E-state index contributed by atoms with van der Waals surface area (Å²) in [6.45, 7) is 5.84. The lowest BCUT2D eigenvalue weighted by Crippen LogP contribution is -2.39. The number of aliphatic hydroxyl groups excluding tert-OH is 1. The van der Waals surface area contributed by atoms with Crippen LogP contribution in [0.2, 0.25) is 0 Å². The van der Waals surface area contributed by atoms with Crippen molar-refractivity contribution in [2.75, 3.05) is 36.5 Å². The molecule has 1 aliphatic rings. The normalized spacial score (nSPS) is 16.0. The van der Waals surface area contributed by atoms with Crippen LogP contribution in [0.3, 0.4) is 0 Å². The molecule has 1 aliphatic heterocycles. The van der Waals surface area contributed by atoms with Crippen LogP contribution in [0.15, 0.2) is 54.6 Å². The lowest BCUT2D eigenvalue weighted by atomic mass is 10.1. The second-order valence-corrected chi connectivity index (χ2v) is 10.0. The first kappa shape index (κ1) is 26.8. The van der Waals surface area contributed by atoms with Gasteiger partial charge in [-0.05, 0) is 62.9 Å². The molecule has 1 unspecified atom stereocenters. The summed E-state index contributed by atoms with van der Waals surface area (Å²) in [5, 5.41) is 17.3. The molecule has 1 aromatic heterocycles. The number of esters is 1. The van der Waals surface area contributed by atoms with E-state index in [9.17, 15) is 14.7 Å². The minimum Gasteiger partial charge on any atom is -0.462 e. The molecule has 3 N–H and O–H groups in total. The largest absolute Gasteiger partial charge is 0.462 e. The first-order valence-electron chi connectivity index (χ1n) is 12.7. The highest BCUT2D eigenvalue weighted by molar-refractivity contribution is 7.17. The van der Waals surface area contributed by atoms with E-state index in [-0.39, 0.29) is 17.9 Å². The van der Waals surface area contributed by atoms with E-state index >= 15 is 0 Å². The number of thiazole rings is 1. The van der Waals surface area contributed by atoms with E-state index in [4.69, 9.17) is 4.74 Å². The number of aryl methyl sites for hydroxylation is 1. The molecule has 3 aromatic rings. The number of hydrogen-bond donors (Lipinski definition) is 3. The van der Waals surface area contributed by atoms with Crippen molar-refractivity contribution in [3.05, 3.63) is 76.3 Å². The Morgan fingerprint density at radius 1 is 1.19 bits per heavy atom. The molecular weight excluding hydrogens is 488 g/mol. The van der Waals surface area contributed by atoms with Crippen LogP contribution < -0.4 is 15.5 Å². The standard InChI is InChI=1S/C28H34N4O4S/c1-3-36-27(35)25-19(2)30-28(37-25)32-17-7-10-23(32)26(34)31-22-13-11-20(12-14-22)15-16-29-18-24(33)21-8-5-4-6-9-21/h4-6,8-9,11-14,23-24,29,33H,3,7,10,15-18H2,1-2H3,(H,31,34)/t23-,24?/m0/s1. The van der Waals surface area contributed by atoms with Gasteiger partial charge < -0.3 is 25.4 Å². The number of amides is 1. The molecule has 1 saturated heterocycles. The maximum Gasteiger partial charge on any atom is 0.350 e. The molecule has 196 valence electrons. The number of carbonyl (C=O) groups excluding carboxylic acids is 2. The van der Waals surface area contributed by atoms with Crippen LogP contribution in [0.25, 0.3) is 0 Å². The van der Waals surface area contributed by atoms with Crippen molar-refractivity contribution in [2.45, 2.75) is 45.3 Å². The van der Waals surface area contributed by atoms with Gasteiger partial charge in [-0.25, -0.2) is 9.78 Å². The number of benzene rings is 2. The zero-order chi connectivity index (χ0) is 26.2. The van der Waals surface area contributed by atoms with Crippen LogP contribution >= 0.6 is 11.3 Å². The number of carbonyl (C=O) groups is 2. The van der Waals surface area contributed by atoms with Gasteiger partial charge in [0.15, 0.2) is 5.13 Å². The van der Waals surface area contributed by atoms with Crippen molar-refractivity contribution in [3.63, 3.8) is 0 Å². The Morgan fingerprint density at radius 2 is 1.95 bits per heavy atom. The van der Waals surface area contributed by atoms with Gasteiger partial charge in [0.2, 0.25) is 5.91 Å². The topological polar surface area (TPSA) is 104 Å². The van der Waals surface area contributed by atoms with Gasteiger partial charge in [0.1, 0.15) is 10.9 Å². The predicted octanol–water partition coefficient (Wildman–Crippen LogP) is 4.10. The van der Waals surface area contributed by atoms with Gasteiger partial charge in [0.05, 0.1) is 18.4 Å². The number of ether oxygens (including phenoxy) is 1. The summed E-state index contributed by atoms with van der Waals surface area (Å²) in [7, 11) is 0. The Morgan fingerprint density at radius 3 is 2.68 bits per heavy atom. The van der Waals surface area contributed by atoms with E-state index in [1.54, 1.807) is 13.8 Å². The lowest BCUT2D eigenvalue weighted by Gasteiger charge is -2.23. The molecule has 2 aromatic carbocycles. The monoisotopic (exact) mass is 522 g/mol. The van der Waals surface area contributed by atoms with Crippen molar-refractivity contribution in [3.8, 4) is 0 Å². The smallest absolute Gasteiger partial charge is 0.350 e. The third-order valence-corrected chi connectivity index (χ3v) is 7.56. The molecule has 0 bridgehead atoms. The Hall–Kier alpha value is -3.27. The van der Waals surface area contributed by atoms with Gasteiger partial charge in [-0.1, -0.05) is 53.8 Å². The number of nitrogens with zero attached hydrogens (tertiary/aromatic N) is 2. The maximum atomic E-state index is 13.1. The van der Waals surface area contributed by atoms with E-state index in [2.05, 4.69) is 15.6 Å². The van der Waals surface area contributed by atoms with E-state index in [0.717, 1.165) is 49.2 Å². The Bertz CT molecular complexity index is 1180. The first-order valence-corrected chi connectivity index (χ1v) is 13.5. The summed E-state index contributed by atoms with van der Waals surface area (Å²) >= 11 is 1.28. The zero-order valence-electron chi connectivity index (χ0n) is 21.3. The van der Waals surface area contributed by atoms with E-state index in [0.29, 0.717) is 28.9 Å². The molecule has 0 aliphatic carbocycles. The number of rotatable bonds is 11. The molecular formula is C28H34N4O4S. The van der Waals surface area contributed by atoms with Crippen molar-refractivity contribution in [1.29, 1.82) is 0 Å². The summed E-state index contributed by atoms with van der Waals surface area (Å²) in [5.41, 5.74) is 3.42. The minimum atomic E-state index is -0.529. The number of nitrogens with one attached hydrogen (secondary N) is 2. The van der Waals surface area contributed by atoms with Crippen LogP contribution in [-0.4, -0.2) is 54.2 Å². The van der Waals surface area contributed by atoms with Gasteiger partial charge in [-0.15, -0.1) is 0 Å². The van der Waals surface area contributed by atoms with Crippen LogP contribution in [-0.2, 0) is 16.0 Å². The highest BCUT2D eigenvalue weighted by atomic mass is 32.1. The molecule has 0 saturated carbocycles. The Balaban J connectivity index is 1.27. The average molecular weight is 523 g/mol. The van der Waals surface area contributed by atoms with Gasteiger partial charge in [-0.2, -0.15) is 0 Å². The SMILES string of the molecule is CCOC(=O)c1sc(N2CCC[C@H]2C(=O)Nc2ccc(CCNCC(O)c3ccccc3)cc2)nc1C. The Kier molecular flexibility index (Phi) is 9.27. The predicted molar refractivity (Wildman–Crippen MR) is 146 cm³/mol. The fourth-order valence-corrected chi connectivity index (χ4v) is 5.44. The average Bonchev–Trinajstić information content (AvgIpc) is 3.55. The van der Waals surface area contributed by atoms with E-state index < -0.39 is 6.10 Å². The highest BCUT2D eigenvalue weighted by Crippen LogP contribution is 2.32. The molecule has 37 heavy (non-hydrogen) atoms. The van der Waals surface area contributed by atoms with Gasteiger partial charge in [0.25, 0.3) is 0 Å². The van der Waals surface area contributed by atoms with E-state index in [1.165, 1.54) is 11.3 Å². The van der Waals surface area contributed by atoms with Gasteiger partial charge in [0, 0.05) is 18.8 Å². The molecule has 4 rings (SSSR count). The van der Waals surface area contributed by atoms with Gasteiger partial charge in [-0.3, -0.25) is 4.79 Å². The second-order valence-electron chi connectivity index (χ2n) is 9.05. The summed E-state index contributed by atoms with van der Waals surface area (Å²) in [5.74, 6) is -0.445. The molecule has 2 heterocycles. The minimum absolute atomic E-state index is 0.0765. The van der Waals surface area contributed by atoms with Gasteiger partial charge >= 0.3 is 5.97 Å². The number of aromatic nitrogens is 1. The molecule has 2 atom stereocenters. The van der Waals surface area contributed by atoms with Crippen LogP contribution in [0.1, 0.15) is 52.4 Å². The van der Waals surface area contributed by atoms with Crippen molar-refractivity contribution >= 4 is 34.0 Å². The summed E-state index contributed by atoms with van der Waals surface area (Å²) < 4.78 is 5.13. The zero-order valence-corrected chi connectivity index (χ0v) is 22.1.